The molecule has 4 atom stereocenters. The molecule has 3 fully saturated rings. The van der Waals surface area contributed by atoms with E-state index in [4.69, 9.17) is 0 Å². The van der Waals surface area contributed by atoms with E-state index in [1.807, 2.05) is 0 Å². The van der Waals surface area contributed by atoms with E-state index >= 15 is 0 Å². The van der Waals surface area contributed by atoms with Crippen LogP contribution in [-0.2, 0) is 0 Å². The second-order valence-corrected chi connectivity index (χ2v) is 6.41. The van der Waals surface area contributed by atoms with Crippen LogP contribution in [0.5, 0.6) is 0 Å². The van der Waals surface area contributed by atoms with Crippen molar-refractivity contribution >= 4 is 6.03 Å². The zero-order valence-corrected chi connectivity index (χ0v) is 11.1. The van der Waals surface area contributed by atoms with Gasteiger partial charge in [0.15, 0.2) is 0 Å². The molecule has 2 bridgehead atoms. The molecule has 0 aromatic heterocycles. The van der Waals surface area contributed by atoms with E-state index in [9.17, 15) is 4.79 Å². The molecule has 3 rings (SSSR count). The van der Waals surface area contributed by atoms with Crippen LogP contribution >= 0.6 is 0 Å². The lowest BCUT2D eigenvalue weighted by Gasteiger charge is -2.62. The van der Waals surface area contributed by atoms with E-state index in [1.165, 1.54) is 6.42 Å². The van der Waals surface area contributed by atoms with Crippen LogP contribution < -0.4 is 5.32 Å². The van der Waals surface area contributed by atoms with Crippen molar-refractivity contribution in [2.45, 2.75) is 39.7 Å². The Bertz CT molecular complexity index is 298. The molecule has 1 N–H and O–H groups in total. The Kier molecular flexibility index (Phi) is 2.67. The highest BCUT2D eigenvalue weighted by molar-refractivity contribution is 5.73. The minimum Gasteiger partial charge on any atom is -0.335 e. The van der Waals surface area contributed by atoms with Crippen molar-refractivity contribution in [1.29, 1.82) is 0 Å². The zero-order chi connectivity index (χ0) is 12.1. The molecular formula is C13H24N2O. The number of urea groups is 1. The van der Waals surface area contributed by atoms with E-state index in [0.717, 1.165) is 18.3 Å². The van der Waals surface area contributed by atoms with E-state index in [0.29, 0.717) is 17.4 Å². The summed E-state index contributed by atoms with van der Waals surface area (Å²) in [6.45, 7) is 7.06. The predicted octanol–water partition coefficient (Wildman–Crippen LogP) is 2.33. The van der Waals surface area contributed by atoms with Crippen LogP contribution in [0.2, 0.25) is 0 Å². The van der Waals surface area contributed by atoms with Crippen LogP contribution in [0.15, 0.2) is 0 Å². The zero-order valence-electron chi connectivity index (χ0n) is 11.1. The molecule has 3 aliphatic rings. The number of rotatable bonds is 1. The number of carbonyl (C=O) groups is 1. The Morgan fingerprint density at radius 3 is 2.38 bits per heavy atom. The van der Waals surface area contributed by atoms with Gasteiger partial charge in [0.2, 0.25) is 0 Å². The van der Waals surface area contributed by atoms with Gasteiger partial charge in [-0.1, -0.05) is 20.8 Å². The monoisotopic (exact) mass is 224 g/mol. The summed E-state index contributed by atoms with van der Waals surface area (Å²) < 4.78 is 0. The van der Waals surface area contributed by atoms with Gasteiger partial charge in [0, 0.05) is 20.1 Å². The largest absolute Gasteiger partial charge is 0.335 e. The molecule has 3 saturated carbocycles. The molecular weight excluding hydrogens is 200 g/mol. The summed E-state index contributed by atoms with van der Waals surface area (Å²) >= 11 is 0. The fourth-order valence-electron chi connectivity index (χ4n) is 3.63. The van der Waals surface area contributed by atoms with Gasteiger partial charge in [0.05, 0.1) is 0 Å². The van der Waals surface area contributed by atoms with Crippen molar-refractivity contribution in [3.63, 3.8) is 0 Å². The van der Waals surface area contributed by atoms with Crippen LogP contribution in [-0.4, -0.2) is 31.1 Å². The van der Waals surface area contributed by atoms with Gasteiger partial charge < -0.3 is 10.2 Å². The maximum atomic E-state index is 11.7. The van der Waals surface area contributed by atoms with Crippen LogP contribution in [0.3, 0.4) is 0 Å². The highest BCUT2D eigenvalue weighted by atomic mass is 16.2. The standard InChI is InChI=1S/C13H24N2O/c1-8-10-6-9(13(10,2)3)7-11(8)14-12(16)15(4)5/h8-11H,6-7H2,1-5H3,(H,14,16)/t8-,9+,10-,11-/m0/s1. The first kappa shape index (κ1) is 11.7. The fraction of sp³-hybridized carbons (Fsp3) is 0.923. The van der Waals surface area contributed by atoms with Gasteiger partial charge in [-0.2, -0.15) is 0 Å². The molecule has 0 saturated heterocycles. The Balaban J connectivity index is 1.98. The lowest BCUT2D eigenvalue weighted by molar-refractivity contribution is -0.113. The Hall–Kier alpha value is -0.730. The number of hydrogen-bond donors (Lipinski definition) is 1. The van der Waals surface area contributed by atoms with Gasteiger partial charge in [-0.25, -0.2) is 4.79 Å². The van der Waals surface area contributed by atoms with Gasteiger partial charge in [-0.15, -0.1) is 0 Å². The Labute approximate surface area is 98.6 Å². The SMILES string of the molecule is C[C@@H]1[C@@H](NC(=O)N(C)C)C[C@H]2C[C@@H]1C2(C)C. The molecule has 0 spiro atoms. The summed E-state index contributed by atoms with van der Waals surface area (Å²) in [4.78, 5) is 13.3. The van der Waals surface area contributed by atoms with Crippen molar-refractivity contribution in [3.8, 4) is 0 Å². The third-order valence-corrected chi connectivity index (χ3v) is 5.07. The van der Waals surface area contributed by atoms with Crippen LogP contribution in [0.1, 0.15) is 33.6 Å². The smallest absolute Gasteiger partial charge is 0.317 e. The summed E-state index contributed by atoms with van der Waals surface area (Å²) in [7, 11) is 3.60. The number of nitrogens with one attached hydrogen (secondary N) is 1. The lowest BCUT2D eigenvalue weighted by atomic mass is 9.45. The maximum Gasteiger partial charge on any atom is 0.317 e. The molecule has 0 aromatic carbocycles. The molecule has 92 valence electrons. The lowest BCUT2D eigenvalue weighted by Crippen LogP contribution is -2.61. The molecule has 3 aliphatic carbocycles. The average Bonchev–Trinajstić information content (AvgIpc) is 2.19. The van der Waals surface area contributed by atoms with E-state index < -0.39 is 0 Å². The average molecular weight is 224 g/mol. The highest BCUT2D eigenvalue weighted by Crippen LogP contribution is 2.61. The van der Waals surface area contributed by atoms with E-state index in [2.05, 4.69) is 26.1 Å². The number of amides is 2. The Morgan fingerprint density at radius 2 is 1.94 bits per heavy atom. The number of fused-ring (bicyclic) bond motifs is 2. The van der Waals surface area contributed by atoms with Crippen molar-refractivity contribution in [1.82, 2.24) is 10.2 Å². The molecule has 0 unspecified atom stereocenters. The topological polar surface area (TPSA) is 32.3 Å². The Morgan fingerprint density at radius 1 is 1.31 bits per heavy atom. The normalized spacial score (nSPS) is 39.8. The van der Waals surface area contributed by atoms with Crippen LogP contribution in [0.4, 0.5) is 4.79 Å². The van der Waals surface area contributed by atoms with Crippen molar-refractivity contribution in [2.24, 2.45) is 23.2 Å². The first-order valence-corrected chi connectivity index (χ1v) is 6.32. The molecule has 3 heteroatoms. The minimum absolute atomic E-state index is 0.0518. The van der Waals surface area contributed by atoms with Crippen LogP contribution in [0, 0.1) is 23.2 Å². The molecule has 16 heavy (non-hydrogen) atoms. The molecule has 3 nitrogen and oxygen atoms in total. The summed E-state index contributed by atoms with van der Waals surface area (Å²) in [5.41, 5.74) is 0.499. The molecule has 0 aromatic rings. The third-order valence-electron chi connectivity index (χ3n) is 5.07. The van der Waals surface area contributed by atoms with Gasteiger partial charge >= 0.3 is 6.03 Å². The number of nitrogens with zero attached hydrogens (tertiary/aromatic N) is 1. The van der Waals surface area contributed by atoms with Gasteiger partial charge in [-0.05, 0) is 36.0 Å². The number of carbonyl (C=O) groups excluding carboxylic acids is 1. The minimum atomic E-state index is 0.0518. The summed E-state index contributed by atoms with van der Waals surface area (Å²) in [5, 5.41) is 3.15. The quantitative estimate of drug-likeness (QED) is 0.728. The second-order valence-electron chi connectivity index (χ2n) is 6.41. The van der Waals surface area contributed by atoms with E-state index in [-0.39, 0.29) is 6.03 Å². The first-order valence-electron chi connectivity index (χ1n) is 6.32. The predicted molar refractivity (Wildman–Crippen MR) is 65.2 cm³/mol. The summed E-state index contributed by atoms with van der Waals surface area (Å²) in [6, 6.07) is 0.433. The molecule has 0 aliphatic heterocycles. The highest BCUT2D eigenvalue weighted by Gasteiger charge is 2.56. The summed E-state index contributed by atoms with van der Waals surface area (Å²) in [6.07, 6.45) is 2.52. The van der Waals surface area contributed by atoms with Crippen molar-refractivity contribution in [3.05, 3.63) is 0 Å². The number of hydrogen-bond acceptors (Lipinski definition) is 1. The van der Waals surface area contributed by atoms with Gasteiger partial charge in [-0.3, -0.25) is 0 Å². The second kappa shape index (κ2) is 3.64. The first-order chi connectivity index (χ1) is 7.34. The molecule has 0 radical (unpaired) electrons. The van der Waals surface area contributed by atoms with Crippen molar-refractivity contribution in [2.75, 3.05) is 14.1 Å². The van der Waals surface area contributed by atoms with Gasteiger partial charge in [0.1, 0.15) is 0 Å². The maximum absolute atomic E-state index is 11.7. The third kappa shape index (κ3) is 1.61. The van der Waals surface area contributed by atoms with Gasteiger partial charge in [0.25, 0.3) is 0 Å². The molecule has 2 amide bonds. The van der Waals surface area contributed by atoms with E-state index in [1.54, 1.807) is 19.0 Å². The van der Waals surface area contributed by atoms with Crippen LogP contribution in [0.25, 0.3) is 0 Å². The fourth-order valence-corrected chi connectivity index (χ4v) is 3.63. The molecule has 0 heterocycles. The van der Waals surface area contributed by atoms with Crippen molar-refractivity contribution < 1.29 is 4.79 Å². The summed E-state index contributed by atoms with van der Waals surface area (Å²) in [5.74, 6) is 2.21.